The quantitative estimate of drug-likeness (QED) is 0.775. The number of hydrogen-bond acceptors (Lipinski definition) is 4. The summed E-state index contributed by atoms with van der Waals surface area (Å²) in [6.07, 6.45) is 1.64. The lowest BCUT2D eigenvalue weighted by Gasteiger charge is -2.25. The number of sulfone groups is 1. The highest BCUT2D eigenvalue weighted by atomic mass is 32.2. The number of amides is 1. The van der Waals surface area contributed by atoms with Gasteiger partial charge >= 0.3 is 5.76 Å². The van der Waals surface area contributed by atoms with Gasteiger partial charge in [0, 0.05) is 12.1 Å². The molecule has 3 rings (SSSR count). The molecule has 1 aliphatic rings. The molecule has 0 saturated carbocycles. The van der Waals surface area contributed by atoms with E-state index in [9.17, 15) is 22.0 Å². The summed E-state index contributed by atoms with van der Waals surface area (Å²) in [5.74, 6) is -3.05. The number of benzene rings is 2. The Balaban J connectivity index is 1.84. The van der Waals surface area contributed by atoms with E-state index in [0.29, 0.717) is 12.3 Å². The van der Waals surface area contributed by atoms with Gasteiger partial charge in [-0.3, -0.25) is 4.79 Å². The third kappa shape index (κ3) is 3.80. The average molecular weight is 395 g/mol. The fourth-order valence-corrected chi connectivity index (χ4v) is 3.98. The Hall–Kier alpha value is -2.48. The molecular formula is C19H19F2NO4S. The smallest absolute Gasteiger partial charge is 0.341 e. The molecule has 144 valence electrons. The van der Waals surface area contributed by atoms with Crippen molar-refractivity contribution >= 4 is 15.7 Å². The molecule has 1 aliphatic heterocycles. The molecule has 0 N–H and O–H groups in total. The van der Waals surface area contributed by atoms with Crippen LogP contribution in [0.2, 0.25) is 0 Å². The maximum absolute atomic E-state index is 12.9. The number of rotatable bonds is 5. The van der Waals surface area contributed by atoms with Gasteiger partial charge in [-0.05, 0) is 54.8 Å². The van der Waals surface area contributed by atoms with Gasteiger partial charge in [0.1, 0.15) is 5.75 Å². The minimum Gasteiger partial charge on any atom is -0.497 e. The number of likely N-dealkylation sites (tertiary alicyclic amines) is 1. The SMILES string of the molecule is COc1cccc(C2CCCN2C(=O)c2ccc(S(=O)(=O)C(F)F)cc2)c1. The lowest BCUT2D eigenvalue weighted by molar-refractivity contribution is 0.0735. The molecule has 1 fully saturated rings. The van der Waals surface area contributed by atoms with Crippen molar-refractivity contribution in [2.24, 2.45) is 0 Å². The molecule has 1 atom stereocenters. The van der Waals surface area contributed by atoms with Gasteiger partial charge in [-0.25, -0.2) is 8.42 Å². The van der Waals surface area contributed by atoms with E-state index in [4.69, 9.17) is 4.74 Å². The Morgan fingerprint density at radius 1 is 1.19 bits per heavy atom. The molecule has 1 unspecified atom stereocenters. The summed E-state index contributed by atoms with van der Waals surface area (Å²) < 4.78 is 53.5. The minimum atomic E-state index is -4.67. The van der Waals surface area contributed by atoms with Crippen LogP contribution in [-0.2, 0) is 9.84 Å². The minimum absolute atomic E-state index is 0.114. The van der Waals surface area contributed by atoms with Crippen molar-refractivity contribution in [3.8, 4) is 5.75 Å². The standard InChI is InChI=1S/C19H19F2NO4S/c1-26-15-5-2-4-14(12-15)17-6-3-11-22(17)18(23)13-7-9-16(10-8-13)27(24,25)19(20)21/h2,4-5,7-10,12,17,19H,3,6,11H2,1H3. The predicted molar refractivity (Wildman–Crippen MR) is 95.6 cm³/mol. The Kier molecular flexibility index (Phi) is 5.46. The van der Waals surface area contributed by atoms with E-state index in [2.05, 4.69) is 0 Å². The van der Waals surface area contributed by atoms with Crippen molar-refractivity contribution in [1.29, 1.82) is 0 Å². The molecule has 1 amide bonds. The number of ether oxygens (including phenoxy) is 1. The third-order valence-electron chi connectivity index (χ3n) is 4.66. The maximum atomic E-state index is 12.9. The summed E-state index contributed by atoms with van der Waals surface area (Å²) in [5, 5.41) is 0. The zero-order chi connectivity index (χ0) is 19.6. The summed E-state index contributed by atoms with van der Waals surface area (Å²) >= 11 is 0. The van der Waals surface area contributed by atoms with Crippen LogP contribution in [0.15, 0.2) is 53.4 Å². The van der Waals surface area contributed by atoms with Gasteiger partial charge in [0.05, 0.1) is 18.0 Å². The number of carbonyl (C=O) groups is 1. The second-order valence-corrected chi connectivity index (χ2v) is 8.18. The van der Waals surface area contributed by atoms with Gasteiger partial charge in [-0.1, -0.05) is 12.1 Å². The van der Waals surface area contributed by atoms with E-state index >= 15 is 0 Å². The van der Waals surface area contributed by atoms with Gasteiger partial charge < -0.3 is 9.64 Å². The number of hydrogen-bond donors (Lipinski definition) is 0. The Bertz CT molecular complexity index is 929. The summed E-state index contributed by atoms with van der Waals surface area (Å²) in [4.78, 5) is 14.1. The normalized spacial score (nSPS) is 17.3. The molecule has 5 nitrogen and oxygen atoms in total. The Morgan fingerprint density at radius 2 is 1.89 bits per heavy atom. The second kappa shape index (κ2) is 7.64. The van der Waals surface area contributed by atoms with Gasteiger partial charge in [-0.15, -0.1) is 0 Å². The Labute approximate surface area is 156 Å². The van der Waals surface area contributed by atoms with Gasteiger partial charge in [-0.2, -0.15) is 8.78 Å². The van der Waals surface area contributed by atoms with Crippen molar-refractivity contribution in [1.82, 2.24) is 4.90 Å². The summed E-state index contributed by atoms with van der Waals surface area (Å²) in [5.41, 5.74) is 1.22. The van der Waals surface area contributed by atoms with Crippen LogP contribution in [0.25, 0.3) is 0 Å². The zero-order valence-electron chi connectivity index (χ0n) is 14.6. The van der Waals surface area contributed by atoms with Crippen LogP contribution in [0.4, 0.5) is 8.78 Å². The predicted octanol–water partition coefficient (Wildman–Crippen LogP) is 3.67. The molecule has 1 heterocycles. The van der Waals surface area contributed by atoms with E-state index < -0.39 is 20.5 Å². The largest absolute Gasteiger partial charge is 0.497 e. The molecule has 0 aromatic heterocycles. The first-order valence-corrected chi connectivity index (χ1v) is 9.96. The first-order chi connectivity index (χ1) is 12.8. The topological polar surface area (TPSA) is 63.7 Å². The van der Waals surface area contributed by atoms with Gasteiger partial charge in [0.15, 0.2) is 0 Å². The molecule has 0 radical (unpaired) electrons. The van der Waals surface area contributed by atoms with E-state index in [1.165, 1.54) is 12.1 Å². The number of halogens is 2. The number of nitrogens with zero attached hydrogens (tertiary/aromatic N) is 1. The molecule has 0 spiro atoms. The fourth-order valence-electron chi connectivity index (χ4n) is 3.26. The summed E-state index contributed by atoms with van der Waals surface area (Å²) in [6.45, 7) is 0.567. The van der Waals surface area contributed by atoms with Gasteiger partial charge in [0.25, 0.3) is 5.91 Å². The van der Waals surface area contributed by atoms with Crippen LogP contribution in [-0.4, -0.2) is 38.6 Å². The van der Waals surface area contributed by atoms with Crippen molar-refractivity contribution in [2.75, 3.05) is 13.7 Å². The van der Waals surface area contributed by atoms with Crippen molar-refractivity contribution in [2.45, 2.75) is 29.5 Å². The zero-order valence-corrected chi connectivity index (χ0v) is 15.5. The van der Waals surface area contributed by atoms with E-state index in [0.717, 1.165) is 30.5 Å². The number of methoxy groups -OCH3 is 1. The number of alkyl halides is 2. The van der Waals surface area contributed by atoms with Crippen molar-refractivity contribution < 1.29 is 26.7 Å². The maximum Gasteiger partial charge on any atom is 0.341 e. The van der Waals surface area contributed by atoms with E-state index in [1.807, 2.05) is 24.3 Å². The third-order valence-corrected chi connectivity index (χ3v) is 6.05. The highest BCUT2D eigenvalue weighted by molar-refractivity contribution is 7.91. The van der Waals surface area contributed by atoms with Crippen LogP contribution < -0.4 is 4.74 Å². The average Bonchev–Trinajstić information content (AvgIpc) is 3.17. The molecule has 8 heteroatoms. The molecule has 0 aliphatic carbocycles. The summed E-state index contributed by atoms with van der Waals surface area (Å²) in [7, 11) is -3.10. The van der Waals surface area contributed by atoms with E-state index in [1.54, 1.807) is 12.0 Å². The molecule has 0 bridgehead atoms. The summed E-state index contributed by atoms with van der Waals surface area (Å²) in [6, 6.07) is 12.0. The van der Waals surface area contributed by atoms with Crippen LogP contribution in [0.5, 0.6) is 5.75 Å². The highest BCUT2D eigenvalue weighted by Gasteiger charge is 2.31. The lowest BCUT2D eigenvalue weighted by atomic mass is 10.0. The molecular weight excluding hydrogens is 376 g/mol. The lowest BCUT2D eigenvalue weighted by Crippen LogP contribution is -2.30. The first kappa shape index (κ1) is 19.3. The van der Waals surface area contributed by atoms with Crippen molar-refractivity contribution in [3.05, 3.63) is 59.7 Å². The monoisotopic (exact) mass is 395 g/mol. The molecule has 27 heavy (non-hydrogen) atoms. The number of carbonyl (C=O) groups excluding carboxylic acids is 1. The molecule has 1 saturated heterocycles. The first-order valence-electron chi connectivity index (χ1n) is 8.41. The fraction of sp³-hybridized carbons (Fsp3) is 0.316. The van der Waals surface area contributed by atoms with Crippen LogP contribution in [0.1, 0.15) is 34.8 Å². The molecule has 2 aromatic carbocycles. The van der Waals surface area contributed by atoms with Gasteiger partial charge in [0.2, 0.25) is 9.84 Å². The Morgan fingerprint density at radius 3 is 2.52 bits per heavy atom. The van der Waals surface area contributed by atoms with Crippen LogP contribution >= 0.6 is 0 Å². The second-order valence-electron chi connectivity index (χ2n) is 6.26. The molecule has 2 aromatic rings. The van der Waals surface area contributed by atoms with Crippen LogP contribution in [0, 0.1) is 0 Å². The van der Waals surface area contributed by atoms with Crippen molar-refractivity contribution in [3.63, 3.8) is 0 Å². The van der Waals surface area contributed by atoms with Crippen LogP contribution in [0.3, 0.4) is 0 Å². The highest BCUT2D eigenvalue weighted by Crippen LogP contribution is 2.34. The van der Waals surface area contributed by atoms with E-state index in [-0.39, 0.29) is 17.5 Å².